The maximum atomic E-state index is 11.4. The molecule has 2 fully saturated rings. The van der Waals surface area contributed by atoms with Gasteiger partial charge in [-0.15, -0.1) is 0 Å². The molecule has 0 aromatic carbocycles. The van der Waals surface area contributed by atoms with Gasteiger partial charge in [-0.05, 0) is 34.1 Å². The second-order valence-electron chi connectivity index (χ2n) is 7.38. The van der Waals surface area contributed by atoms with Crippen LogP contribution in [0.3, 0.4) is 0 Å². The summed E-state index contributed by atoms with van der Waals surface area (Å²) in [6.07, 6.45) is 4.52. The van der Waals surface area contributed by atoms with E-state index in [-0.39, 0.29) is 17.1 Å². The predicted octanol–water partition coefficient (Wildman–Crippen LogP) is 1.49. The van der Waals surface area contributed by atoms with Crippen LogP contribution in [-0.2, 0) is 14.1 Å². The summed E-state index contributed by atoms with van der Waals surface area (Å²) in [4.78, 5) is 22.2. The van der Waals surface area contributed by atoms with Gasteiger partial charge in [0.1, 0.15) is 0 Å². The van der Waals surface area contributed by atoms with Gasteiger partial charge < -0.3 is 14.2 Å². The first-order chi connectivity index (χ1) is 11.2. The highest BCUT2D eigenvalue weighted by molar-refractivity contribution is 7.99. The summed E-state index contributed by atoms with van der Waals surface area (Å²) in [7, 11) is -0.436. The van der Waals surface area contributed by atoms with Crippen molar-refractivity contribution in [3.8, 4) is 0 Å². The van der Waals surface area contributed by atoms with Crippen LogP contribution in [0.1, 0.15) is 41.0 Å². The van der Waals surface area contributed by atoms with Gasteiger partial charge in [-0.3, -0.25) is 4.79 Å². The van der Waals surface area contributed by atoms with Gasteiger partial charge >= 0.3 is 7.12 Å². The zero-order valence-corrected chi connectivity index (χ0v) is 15.7. The van der Waals surface area contributed by atoms with E-state index in [2.05, 4.69) is 9.97 Å². The first-order valence-electron chi connectivity index (χ1n) is 8.28. The monoisotopic (exact) mass is 349 g/mol. The number of aromatic nitrogens is 2. The van der Waals surface area contributed by atoms with Gasteiger partial charge in [-0.25, -0.2) is 9.97 Å². The Bertz CT molecular complexity index is 607. The van der Waals surface area contributed by atoms with Gasteiger partial charge in [0.2, 0.25) is 5.91 Å². The van der Waals surface area contributed by atoms with Crippen LogP contribution in [0.15, 0.2) is 17.6 Å². The fraction of sp³-hybridized carbons (Fsp3) is 0.688. The summed E-state index contributed by atoms with van der Waals surface area (Å²) in [5.74, 6) is 0.134. The molecule has 6 nitrogen and oxygen atoms in total. The Kier molecular flexibility index (Phi) is 4.66. The van der Waals surface area contributed by atoms with Crippen molar-refractivity contribution in [2.45, 2.75) is 62.6 Å². The summed E-state index contributed by atoms with van der Waals surface area (Å²) in [6, 6.07) is 0. The number of carbonyl (C=O) groups excluding carboxylic acids is 1. The minimum atomic E-state index is -0.436. The van der Waals surface area contributed by atoms with Crippen molar-refractivity contribution < 1.29 is 14.1 Å². The van der Waals surface area contributed by atoms with Gasteiger partial charge in [-0.1, -0.05) is 11.8 Å². The van der Waals surface area contributed by atoms with E-state index in [1.54, 1.807) is 31.1 Å². The van der Waals surface area contributed by atoms with E-state index in [4.69, 9.17) is 9.31 Å². The molecule has 3 heterocycles. The molecule has 0 spiro atoms. The molecule has 1 aromatic rings. The fourth-order valence-electron chi connectivity index (χ4n) is 2.75. The lowest BCUT2D eigenvalue weighted by Crippen LogP contribution is -2.41. The van der Waals surface area contributed by atoms with E-state index < -0.39 is 7.12 Å². The highest BCUT2D eigenvalue weighted by atomic mass is 32.2. The fourth-order valence-corrected chi connectivity index (χ4v) is 3.75. The molecule has 0 radical (unpaired) electrons. The van der Waals surface area contributed by atoms with Crippen molar-refractivity contribution in [1.82, 2.24) is 14.9 Å². The molecule has 3 rings (SSSR count). The molecular weight excluding hydrogens is 325 g/mol. The Labute approximate surface area is 147 Å². The van der Waals surface area contributed by atoms with Crippen molar-refractivity contribution in [1.29, 1.82) is 0 Å². The topological polar surface area (TPSA) is 64.6 Å². The Balaban J connectivity index is 1.62. The van der Waals surface area contributed by atoms with Crippen LogP contribution in [0.2, 0.25) is 0 Å². The van der Waals surface area contributed by atoms with Crippen molar-refractivity contribution in [3.05, 3.63) is 12.4 Å². The average Bonchev–Trinajstić information content (AvgIpc) is 3.03. The molecular formula is C16H24BN3O3S. The smallest absolute Gasteiger partial charge is 0.399 e. The van der Waals surface area contributed by atoms with E-state index in [9.17, 15) is 4.79 Å². The molecule has 8 heteroatoms. The molecule has 1 unspecified atom stereocenters. The van der Waals surface area contributed by atoms with Crippen molar-refractivity contribution >= 4 is 30.3 Å². The molecule has 0 aliphatic carbocycles. The van der Waals surface area contributed by atoms with Crippen molar-refractivity contribution in [2.24, 2.45) is 0 Å². The lowest BCUT2D eigenvalue weighted by molar-refractivity contribution is -0.127. The van der Waals surface area contributed by atoms with E-state index in [0.717, 1.165) is 30.1 Å². The van der Waals surface area contributed by atoms with Gasteiger partial charge in [0, 0.05) is 43.1 Å². The molecule has 24 heavy (non-hydrogen) atoms. The molecule has 2 aliphatic rings. The quantitative estimate of drug-likeness (QED) is 0.609. The van der Waals surface area contributed by atoms with Gasteiger partial charge in [0.05, 0.1) is 11.2 Å². The summed E-state index contributed by atoms with van der Waals surface area (Å²) in [6.45, 7) is 11.3. The number of carbonyl (C=O) groups is 1. The Hall–Kier alpha value is -1.12. The Morgan fingerprint density at radius 1 is 1.25 bits per heavy atom. The van der Waals surface area contributed by atoms with Gasteiger partial charge in [0.25, 0.3) is 0 Å². The molecule has 2 aliphatic heterocycles. The molecule has 130 valence electrons. The van der Waals surface area contributed by atoms with Crippen LogP contribution in [0, 0.1) is 0 Å². The van der Waals surface area contributed by atoms with Gasteiger partial charge in [-0.2, -0.15) is 0 Å². The zero-order valence-electron chi connectivity index (χ0n) is 14.9. The minimum Gasteiger partial charge on any atom is -0.399 e. The maximum absolute atomic E-state index is 11.4. The van der Waals surface area contributed by atoms with E-state index in [1.165, 1.54) is 0 Å². The molecule has 1 aromatic heterocycles. The predicted molar refractivity (Wildman–Crippen MR) is 94.3 cm³/mol. The third kappa shape index (κ3) is 3.46. The minimum absolute atomic E-state index is 0.134. The normalized spacial score (nSPS) is 25.3. The van der Waals surface area contributed by atoms with Crippen LogP contribution in [0.4, 0.5) is 0 Å². The van der Waals surface area contributed by atoms with E-state index in [1.807, 2.05) is 32.6 Å². The first-order valence-corrected chi connectivity index (χ1v) is 9.16. The summed E-state index contributed by atoms with van der Waals surface area (Å²) in [5.41, 5.74) is 0.0886. The van der Waals surface area contributed by atoms with E-state index in [0.29, 0.717) is 5.25 Å². The molecule has 1 atom stereocenters. The summed E-state index contributed by atoms with van der Waals surface area (Å²) < 4.78 is 12.0. The lowest BCUT2D eigenvalue weighted by atomic mass is 9.81. The molecule has 0 saturated carbocycles. The first kappa shape index (κ1) is 17.7. The number of nitrogens with zero attached hydrogens (tertiary/aromatic N) is 3. The molecule has 2 saturated heterocycles. The summed E-state index contributed by atoms with van der Waals surface area (Å²) >= 11 is 1.63. The number of thioether (sulfide) groups is 1. The number of likely N-dealkylation sites (tertiary alicyclic amines) is 1. The van der Waals surface area contributed by atoms with Crippen molar-refractivity contribution in [2.75, 3.05) is 13.1 Å². The number of hydrogen-bond donors (Lipinski definition) is 0. The Morgan fingerprint density at radius 3 is 2.33 bits per heavy atom. The Morgan fingerprint density at radius 2 is 1.83 bits per heavy atom. The molecule has 0 bridgehead atoms. The summed E-state index contributed by atoms with van der Waals surface area (Å²) in [5, 5.41) is 1.09. The standard InChI is InChI=1S/C16H24BN3O3S/c1-11(21)20-7-6-13(10-20)24-14-18-8-12(9-19-14)17-22-15(2,3)16(4,5)23-17/h8-9,13H,6-7,10H2,1-5H3. The molecule has 1 amide bonds. The third-order valence-corrected chi connectivity index (χ3v) is 6.18. The highest BCUT2D eigenvalue weighted by Gasteiger charge is 2.51. The highest BCUT2D eigenvalue weighted by Crippen LogP contribution is 2.36. The van der Waals surface area contributed by atoms with Gasteiger partial charge in [0.15, 0.2) is 5.16 Å². The second kappa shape index (κ2) is 6.31. The maximum Gasteiger partial charge on any atom is 0.498 e. The van der Waals surface area contributed by atoms with Crippen molar-refractivity contribution in [3.63, 3.8) is 0 Å². The van der Waals surface area contributed by atoms with Crippen LogP contribution < -0.4 is 5.46 Å². The van der Waals surface area contributed by atoms with Crippen LogP contribution in [0.25, 0.3) is 0 Å². The van der Waals surface area contributed by atoms with Crippen LogP contribution >= 0.6 is 11.8 Å². The lowest BCUT2D eigenvalue weighted by Gasteiger charge is -2.32. The zero-order chi connectivity index (χ0) is 17.5. The third-order valence-electron chi connectivity index (χ3n) is 5.04. The van der Waals surface area contributed by atoms with E-state index >= 15 is 0 Å². The number of amides is 1. The second-order valence-corrected chi connectivity index (χ2v) is 8.65. The number of hydrogen-bond acceptors (Lipinski definition) is 6. The SMILES string of the molecule is CC(=O)N1CCC(Sc2ncc(B3OC(C)(C)C(C)(C)O3)cn2)C1. The van der Waals surface area contributed by atoms with Crippen LogP contribution in [0.5, 0.6) is 0 Å². The number of rotatable bonds is 3. The van der Waals surface area contributed by atoms with Crippen LogP contribution in [-0.4, -0.2) is 57.4 Å². The largest absolute Gasteiger partial charge is 0.498 e. The molecule has 0 N–H and O–H groups in total. The average molecular weight is 349 g/mol.